The zero-order chi connectivity index (χ0) is 29.5. The third-order valence-electron chi connectivity index (χ3n) is 6.54. The van der Waals surface area contributed by atoms with E-state index in [4.69, 9.17) is 17.3 Å². The molecule has 5 rings (SSSR count). The third-order valence-corrected chi connectivity index (χ3v) is 6.79. The van der Waals surface area contributed by atoms with Crippen molar-refractivity contribution in [3.8, 4) is 17.1 Å². The summed E-state index contributed by atoms with van der Waals surface area (Å²) in [5, 5.41) is 18.5. The van der Waals surface area contributed by atoms with Crippen LogP contribution >= 0.6 is 11.6 Å². The summed E-state index contributed by atoms with van der Waals surface area (Å²) in [5.41, 5.74) is 5.34. The number of nitrogens with zero attached hydrogens (tertiary/aromatic N) is 7. The summed E-state index contributed by atoms with van der Waals surface area (Å²) >= 11 is 5.91. The normalized spacial score (nSPS) is 14.6. The maximum Gasteiger partial charge on any atom is 0.416 e. The Morgan fingerprint density at radius 1 is 1.10 bits per heavy atom. The largest absolute Gasteiger partial charge is 0.416 e. The minimum absolute atomic E-state index is 0.0794. The fourth-order valence-corrected chi connectivity index (χ4v) is 4.39. The van der Waals surface area contributed by atoms with Gasteiger partial charge in [0.05, 0.1) is 23.7 Å². The van der Waals surface area contributed by atoms with Crippen molar-refractivity contribution in [3.05, 3.63) is 81.8 Å². The average molecular weight is 591 g/mol. The van der Waals surface area contributed by atoms with E-state index in [0.717, 1.165) is 9.25 Å². The predicted octanol–water partition coefficient (Wildman–Crippen LogP) is 1.47. The lowest BCUT2D eigenvalue weighted by Crippen LogP contribution is -2.54. The number of aliphatic hydroxyl groups is 1. The molecule has 2 amide bonds. The fourth-order valence-electron chi connectivity index (χ4n) is 4.27. The Balaban J connectivity index is 1.43. The summed E-state index contributed by atoms with van der Waals surface area (Å²) in [5.74, 6) is -1.25. The lowest BCUT2D eigenvalue weighted by atomic mass is 9.98. The Morgan fingerprint density at radius 2 is 1.78 bits per heavy atom. The Bertz CT molecular complexity index is 1660. The van der Waals surface area contributed by atoms with Gasteiger partial charge in [0.2, 0.25) is 5.91 Å². The van der Waals surface area contributed by atoms with Gasteiger partial charge in [0.1, 0.15) is 12.9 Å². The number of likely N-dealkylation sites (tertiary alicyclic amines) is 1. The maximum absolute atomic E-state index is 13.1. The second-order valence-corrected chi connectivity index (χ2v) is 9.81. The number of nitrogens with two attached hydrogens (primary N) is 1. The summed E-state index contributed by atoms with van der Waals surface area (Å²) < 4.78 is 42.3. The van der Waals surface area contributed by atoms with Crippen LogP contribution in [0.25, 0.3) is 17.1 Å². The predicted molar refractivity (Wildman–Crippen MR) is 138 cm³/mol. The minimum atomic E-state index is -4.96. The molecule has 0 bridgehead atoms. The summed E-state index contributed by atoms with van der Waals surface area (Å²) in [6.45, 7) is -0.986. The molecule has 3 N–H and O–H groups in total. The topological polar surface area (TPSA) is 154 Å². The van der Waals surface area contributed by atoms with Crippen LogP contribution in [0.2, 0.25) is 5.02 Å². The molecule has 2 aromatic heterocycles. The smallest absolute Gasteiger partial charge is 0.382 e. The number of aliphatic hydroxyl groups excluding tert-OH is 1. The number of hydrogen-bond donors (Lipinski definition) is 2. The van der Waals surface area contributed by atoms with Gasteiger partial charge in [0.25, 0.3) is 5.91 Å². The van der Waals surface area contributed by atoms with Crippen LogP contribution in [0.3, 0.4) is 0 Å². The zero-order valence-corrected chi connectivity index (χ0v) is 21.8. The molecule has 0 aliphatic carbocycles. The van der Waals surface area contributed by atoms with Crippen LogP contribution in [-0.2, 0) is 17.9 Å². The van der Waals surface area contributed by atoms with Crippen molar-refractivity contribution < 1.29 is 27.9 Å². The summed E-state index contributed by atoms with van der Waals surface area (Å²) in [7, 11) is 0. The molecular formula is C25H22ClF3N8O4. The number of amides is 2. The van der Waals surface area contributed by atoms with E-state index in [9.17, 15) is 32.7 Å². The van der Waals surface area contributed by atoms with Gasteiger partial charge in [-0.1, -0.05) is 23.7 Å². The molecule has 3 heterocycles. The van der Waals surface area contributed by atoms with Gasteiger partial charge >= 0.3 is 11.9 Å². The molecule has 1 fully saturated rings. The number of rotatable bonds is 8. The van der Waals surface area contributed by atoms with Gasteiger partial charge in [0, 0.05) is 23.7 Å². The first-order valence-electron chi connectivity index (χ1n) is 12.2. The third kappa shape index (κ3) is 5.71. The standard InChI is InChI=1S/C25H22ClF3N8O4/c26-16-7-5-14(6-8-16)22-33-36(24(41)35(22)11-19(38)25(27,28)29)12-20-31-13-37(32-20)18-4-2-1-3-17(18)23(40)34-9-15(10-34)21(30)39/h1-8,13,15,19,38H,9-12H2,(H2,30,39). The number of halogens is 4. The van der Waals surface area contributed by atoms with E-state index >= 15 is 0 Å². The van der Waals surface area contributed by atoms with Crippen LogP contribution in [0.15, 0.2) is 59.7 Å². The highest BCUT2D eigenvalue weighted by atomic mass is 35.5. The van der Waals surface area contributed by atoms with Crippen LogP contribution < -0.4 is 11.4 Å². The first kappa shape index (κ1) is 28.0. The van der Waals surface area contributed by atoms with E-state index in [0.29, 0.717) is 21.8 Å². The molecule has 4 aromatic rings. The van der Waals surface area contributed by atoms with Crippen molar-refractivity contribution in [2.24, 2.45) is 11.7 Å². The van der Waals surface area contributed by atoms with Gasteiger partial charge in [-0.15, -0.1) is 10.2 Å². The maximum atomic E-state index is 13.1. The van der Waals surface area contributed by atoms with Gasteiger partial charge in [-0.05, 0) is 36.4 Å². The van der Waals surface area contributed by atoms with E-state index in [1.165, 1.54) is 40.2 Å². The Labute approximate surface area is 234 Å². The molecule has 0 spiro atoms. The lowest BCUT2D eigenvalue weighted by molar-refractivity contribution is -0.207. The Morgan fingerprint density at radius 3 is 2.44 bits per heavy atom. The van der Waals surface area contributed by atoms with Crippen molar-refractivity contribution in [1.82, 2.24) is 34.0 Å². The second kappa shape index (κ2) is 10.8. The number of primary amides is 1. The molecule has 1 atom stereocenters. The highest BCUT2D eigenvalue weighted by Crippen LogP contribution is 2.25. The second-order valence-electron chi connectivity index (χ2n) is 9.37. The first-order valence-corrected chi connectivity index (χ1v) is 12.6. The van der Waals surface area contributed by atoms with Crippen molar-refractivity contribution in [1.29, 1.82) is 0 Å². The average Bonchev–Trinajstić information content (AvgIpc) is 3.48. The number of alkyl halides is 3. The van der Waals surface area contributed by atoms with Crippen LogP contribution in [0.4, 0.5) is 13.2 Å². The molecule has 1 aliphatic heterocycles. The highest BCUT2D eigenvalue weighted by Gasteiger charge is 2.39. The van der Waals surface area contributed by atoms with Crippen LogP contribution in [0.5, 0.6) is 0 Å². The van der Waals surface area contributed by atoms with Gasteiger partial charge in [-0.3, -0.25) is 14.2 Å². The van der Waals surface area contributed by atoms with E-state index in [1.54, 1.807) is 24.3 Å². The molecule has 1 unspecified atom stereocenters. The van der Waals surface area contributed by atoms with Gasteiger partial charge < -0.3 is 15.7 Å². The molecule has 1 aliphatic rings. The fraction of sp³-hybridized carbons (Fsp3) is 0.280. The quantitative estimate of drug-likeness (QED) is 0.315. The molecule has 12 nitrogen and oxygen atoms in total. The SMILES string of the molecule is NC(=O)C1CN(C(=O)c2ccccc2-n2cnc(Cn3nc(-c4ccc(Cl)cc4)n(CC(O)C(F)(F)F)c3=O)n2)C1. The van der Waals surface area contributed by atoms with Crippen molar-refractivity contribution in [3.63, 3.8) is 0 Å². The molecule has 0 radical (unpaired) electrons. The lowest BCUT2D eigenvalue weighted by Gasteiger charge is -2.37. The first-order chi connectivity index (χ1) is 19.4. The summed E-state index contributed by atoms with van der Waals surface area (Å²) in [6.07, 6.45) is -6.44. The van der Waals surface area contributed by atoms with Crippen molar-refractivity contribution in [2.45, 2.75) is 25.4 Å². The van der Waals surface area contributed by atoms with Gasteiger partial charge in [-0.25, -0.2) is 19.1 Å². The van der Waals surface area contributed by atoms with Crippen molar-refractivity contribution in [2.75, 3.05) is 13.1 Å². The monoisotopic (exact) mass is 590 g/mol. The molecule has 2 aromatic carbocycles. The Kier molecular flexibility index (Phi) is 7.40. The van der Waals surface area contributed by atoms with Crippen LogP contribution in [-0.4, -0.2) is 76.3 Å². The zero-order valence-electron chi connectivity index (χ0n) is 21.1. The number of carbonyl (C=O) groups is 2. The molecule has 1 saturated heterocycles. The van der Waals surface area contributed by atoms with Crippen LogP contribution in [0, 0.1) is 5.92 Å². The van der Waals surface area contributed by atoms with Gasteiger partial charge in [-0.2, -0.15) is 13.2 Å². The van der Waals surface area contributed by atoms with E-state index in [-0.39, 0.29) is 37.2 Å². The van der Waals surface area contributed by atoms with Crippen LogP contribution in [0.1, 0.15) is 16.2 Å². The van der Waals surface area contributed by atoms with Crippen molar-refractivity contribution >= 4 is 23.4 Å². The highest BCUT2D eigenvalue weighted by molar-refractivity contribution is 6.30. The van der Waals surface area contributed by atoms with E-state index in [1.807, 2.05) is 0 Å². The molecule has 0 saturated carbocycles. The molecular weight excluding hydrogens is 569 g/mol. The number of carbonyl (C=O) groups excluding carboxylic acids is 2. The van der Waals surface area contributed by atoms with E-state index < -0.39 is 36.3 Å². The molecule has 41 heavy (non-hydrogen) atoms. The van der Waals surface area contributed by atoms with Gasteiger partial charge in [0.15, 0.2) is 17.8 Å². The summed E-state index contributed by atoms with van der Waals surface area (Å²) in [4.78, 5) is 43.1. The minimum Gasteiger partial charge on any atom is -0.382 e. The number of hydrogen-bond acceptors (Lipinski definition) is 7. The molecule has 214 valence electrons. The summed E-state index contributed by atoms with van der Waals surface area (Å²) in [6, 6.07) is 12.5. The number of benzene rings is 2. The van der Waals surface area contributed by atoms with E-state index in [2.05, 4.69) is 15.2 Å². The number of aromatic nitrogens is 6. The molecule has 16 heteroatoms. The number of para-hydroxylation sites is 1. The Hall–Kier alpha value is -4.50.